The molecule has 5 nitrogen and oxygen atoms in total. The first-order valence-electron chi connectivity index (χ1n) is 3.92. The van der Waals surface area contributed by atoms with E-state index < -0.39 is 19.4 Å². The first-order valence-corrected chi connectivity index (χ1v) is 6.02. The van der Waals surface area contributed by atoms with Crippen LogP contribution in [0.25, 0.3) is 0 Å². The first kappa shape index (κ1) is 11.2. The van der Waals surface area contributed by atoms with Gasteiger partial charge in [-0.05, 0) is 0 Å². The van der Waals surface area contributed by atoms with Crippen LogP contribution >= 0.6 is 7.28 Å². The van der Waals surface area contributed by atoms with Crippen molar-refractivity contribution in [2.45, 2.75) is 0 Å². The van der Waals surface area contributed by atoms with E-state index in [0.29, 0.717) is 0 Å². The van der Waals surface area contributed by atoms with Gasteiger partial charge in [0.25, 0.3) is 0 Å². The third-order valence-electron chi connectivity index (χ3n) is 1.87. The van der Waals surface area contributed by atoms with Gasteiger partial charge in [0.2, 0.25) is 0 Å². The zero-order chi connectivity index (χ0) is 10.8. The zero-order valence-corrected chi connectivity index (χ0v) is 8.26. The average Bonchev–Trinajstić information content (AvgIpc) is 2.17. The SMILES string of the molecule is NCC(=O)P(O)(O)(O)c1ccccc1. The molecule has 1 rings (SSSR count). The fraction of sp³-hybridized carbons (Fsp3) is 0.125. The summed E-state index contributed by atoms with van der Waals surface area (Å²) in [7, 11) is -5.42. The Morgan fingerprint density at radius 3 is 2.14 bits per heavy atom. The summed E-state index contributed by atoms with van der Waals surface area (Å²) in [5.74, 6) is 0. The molecule has 0 saturated carbocycles. The Kier molecular flexibility index (Phi) is 2.71. The van der Waals surface area contributed by atoms with Crippen molar-refractivity contribution in [2.24, 2.45) is 5.73 Å². The molecule has 0 aliphatic heterocycles. The molecule has 0 radical (unpaired) electrons. The van der Waals surface area contributed by atoms with E-state index >= 15 is 0 Å². The summed E-state index contributed by atoms with van der Waals surface area (Å²) in [6.07, 6.45) is 0. The Morgan fingerprint density at radius 1 is 1.21 bits per heavy atom. The summed E-state index contributed by atoms with van der Waals surface area (Å²) in [4.78, 5) is 39.7. The van der Waals surface area contributed by atoms with Gasteiger partial charge in [0.1, 0.15) is 0 Å². The van der Waals surface area contributed by atoms with E-state index in [1.807, 2.05) is 0 Å². The molecule has 5 N–H and O–H groups in total. The van der Waals surface area contributed by atoms with Crippen LogP contribution in [-0.2, 0) is 4.79 Å². The fourth-order valence-corrected chi connectivity index (χ4v) is 2.36. The molecule has 0 heterocycles. The van der Waals surface area contributed by atoms with Crippen LogP contribution in [0.3, 0.4) is 0 Å². The quantitative estimate of drug-likeness (QED) is 0.490. The molecule has 0 unspecified atom stereocenters. The predicted molar refractivity (Wildman–Crippen MR) is 53.7 cm³/mol. The zero-order valence-electron chi connectivity index (χ0n) is 7.37. The molecule has 1 aromatic carbocycles. The standard InChI is InChI=1S/C8H12NO4P/c9-6-8(10)14(11,12,13)7-4-2-1-3-5-7/h1-5,11-13H,6,9H2. The first-order chi connectivity index (χ1) is 6.37. The molecule has 6 heteroatoms. The maximum atomic E-state index is 11.1. The van der Waals surface area contributed by atoms with Crippen LogP contribution in [0.4, 0.5) is 0 Å². The third kappa shape index (κ3) is 1.82. The number of carbonyl (C=O) groups excluding carboxylic acids is 1. The maximum absolute atomic E-state index is 11.1. The van der Waals surface area contributed by atoms with Gasteiger partial charge in [-0.3, -0.25) is 0 Å². The normalized spacial score (nSPS) is 14.4. The van der Waals surface area contributed by atoms with Crippen molar-refractivity contribution >= 4 is 18.1 Å². The van der Waals surface area contributed by atoms with Gasteiger partial charge in [0, 0.05) is 0 Å². The van der Waals surface area contributed by atoms with E-state index in [0.717, 1.165) is 0 Å². The second-order valence-corrected chi connectivity index (χ2v) is 5.89. The Hall–Kier alpha value is -0.840. The van der Waals surface area contributed by atoms with E-state index in [-0.39, 0.29) is 5.30 Å². The third-order valence-corrected chi connectivity index (χ3v) is 4.22. The second-order valence-electron chi connectivity index (χ2n) is 2.91. The molecule has 0 aliphatic carbocycles. The molecule has 0 aromatic heterocycles. The minimum atomic E-state index is -5.42. The number of rotatable bonds is 3. The van der Waals surface area contributed by atoms with Gasteiger partial charge >= 0.3 is 80.2 Å². The van der Waals surface area contributed by atoms with Gasteiger partial charge in [-0.25, -0.2) is 0 Å². The second kappa shape index (κ2) is 3.38. The molecule has 0 saturated heterocycles. The molecule has 1 aromatic rings. The summed E-state index contributed by atoms with van der Waals surface area (Å²) in [5.41, 5.74) is 3.83. The van der Waals surface area contributed by atoms with Crippen LogP contribution in [0.1, 0.15) is 0 Å². The molecule has 0 bridgehead atoms. The van der Waals surface area contributed by atoms with Crippen LogP contribution < -0.4 is 11.0 Å². The monoisotopic (exact) mass is 217 g/mol. The van der Waals surface area contributed by atoms with Gasteiger partial charge in [-0.1, -0.05) is 0 Å². The van der Waals surface area contributed by atoms with Crippen LogP contribution in [-0.4, -0.2) is 26.7 Å². The number of benzene rings is 1. The van der Waals surface area contributed by atoms with E-state index in [2.05, 4.69) is 0 Å². The fourth-order valence-electron chi connectivity index (χ4n) is 1.01. The van der Waals surface area contributed by atoms with Crippen molar-refractivity contribution in [1.29, 1.82) is 0 Å². The van der Waals surface area contributed by atoms with Crippen molar-refractivity contribution in [3.63, 3.8) is 0 Å². The van der Waals surface area contributed by atoms with Gasteiger partial charge in [-0.15, -0.1) is 0 Å². The summed E-state index contributed by atoms with van der Waals surface area (Å²) in [5, 5.41) is -0.200. The van der Waals surface area contributed by atoms with Crippen LogP contribution in [0.15, 0.2) is 30.3 Å². The van der Waals surface area contributed by atoms with Crippen molar-refractivity contribution < 1.29 is 19.5 Å². The minimum absolute atomic E-state index is 0.200. The Morgan fingerprint density at radius 2 is 1.71 bits per heavy atom. The number of nitrogens with two attached hydrogens (primary N) is 1. The molecule has 0 fully saturated rings. The van der Waals surface area contributed by atoms with Gasteiger partial charge < -0.3 is 0 Å². The molecule has 78 valence electrons. The Balaban J connectivity index is 3.24. The number of carbonyl (C=O) groups is 1. The van der Waals surface area contributed by atoms with Crippen LogP contribution in [0.2, 0.25) is 0 Å². The van der Waals surface area contributed by atoms with Crippen LogP contribution in [0.5, 0.6) is 0 Å². The summed E-state index contributed by atoms with van der Waals surface area (Å²) in [6, 6.07) is 7.14. The van der Waals surface area contributed by atoms with Crippen molar-refractivity contribution in [1.82, 2.24) is 0 Å². The Bertz CT molecular complexity index is 343. The molecule has 14 heavy (non-hydrogen) atoms. The predicted octanol–water partition coefficient (Wildman–Crippen LogP) is -0.928. The molecular weight excluding hydrogens is 205 g/mol. The molecule has 0 amide bonds. The summed E-state index contributed by atoms with van der Waals surface area (Å²) in [6.45, 7) is -0.615. The molecule has 0 spiro atoms. The van der Waals surface area contributed by atoms with Gasteiger partial charge in [0.15, 0.2) is 0 Å². The van der Waals surface area contributed by atoms with E-state index in [4.69, 9.17) is 5.73 Å². The summed E-state index contributed by atoms with van der Waals surface area (Å²) < 4.78 is 0. The number of hydrogen-bond donors (Lipinski definition) is 4. The van der Waals surface area contributed by atoms with Crippen LogP contribution in [0, 0.1) is 0 Å². The molecule has 0 aliphatic rings. The number of hydrogen-bond acceptors (Lipinski definition) is 5. The van der Waals surface area contributed by atoms with E-state index in [1.165, 1.54) is 24.3 Å². The van der Waals surface area contributed by atoms with Gasteiger partial charge in [0.05, 0.1) is 0 Å². The summed E-state index contributed by atoms with van der Waals surface area (Å²) >= 11 is 0. The molecular formula is C8H12NO4P. The van der Waals surface area contributed by atoms with Crippen molar-refractivity contribution in [2.75, 3.05) is 6.54 Å². The van der Waals surface area contributed by atoms with E-state index in [1.54, 1.807) is 6.07 Å². The topological polar surface area (TPSA) is 104 Å². The van der Waals surface area contributed by atoms with Gasteiger partial charge in [-0.2, -0.15) is 0 Å². The van der Waals surface area contributed by atoms with Crippen molar-refractivity contribution in [3.8, 4) is 0 Å². The Labute approximate surface area is 81.0 Å². The average molecular weight is 217 g/mol. The van der Waals surface area contributed by atoms with Crippen molar-refractivity contribution in [3.05, 3.63) is 30.3 Å². The van der Waals surface area contributed by atoms with E-state index in [9.17, 15) is 19.5 Å². The molecule has 0 atom stereocenters.